The Labute approximate surface area is 44.9 Å². The number of nitrogens with zero attached hydrogens (tertiary/aromatic N) is 3. The standard InChI is InChI=1S/Cu.H3N5/c;1-3-5-4-2/h;3H,1H2. The van der Waals surface area contributed by atoms with Gasteiger partial charge >= 0.3 is 0 Å². The van der Waals surface area contributed by atoms with Crippen LogP contribution in [0.1, 0.15) is 0 Å². The first kappa shape index (κ1) is 9.14. The van der Waals surface area contributed by atoms with Crippen molar-refractivity contribution in [2.45, 2.75) is 0 Å². The van der Waals surface area contributed by atoms with E-state index in [2.05, 4.69) is 16.0 Å². The summed E-state index contributed by atoms with van der Waals surface area (Å²) in [5, 5.41) is 2.68. The molecule has 0 aliphatic heterocycles. The second-order valence-electron chi connectivity index (χ2n) is 0.319. The fourth-order valence-electron chi connectivity index (χ4n) is 0.0258. The maximum absolute atomic E-state index is 7.38. The van der Waals surface area contributed by atoms with E-state index < -0.39 is 0 Å². The third-order valence-corrected chi connectivity index (χ3v) is 0.102. The van der Waals surface area contributed by atoms with E-state index >= 15 is 0 Å². The third-order valence-electron chi connectivity index (χ3n) is 0.102. The minimum atomic E-state index is 0. The largest absolute Gasteiger partial charge is 0.186 e. The SMILES string of the molecule is [Cu].[N-]=[N+]=NNN. The average molecular weight is 137 g/mol. The van der Waals surface area contributed by atoms with Gasteiger partial charge in [-0.25, -0.2) is 0 Å². The van der Waals surface area contributed by atoms with Crippen molar-refractivity contribution in [3.8, 4) is 0 Å². The van der Waals surface area contributed by atoms with Crippen molar-refractivity contribution in [1.29, 1.82) is 0 Å². The van der Waals surface area contributed by atoms with Crippen LogP contribution in [0.25, 0.3) is 10.4 Å². The van der Waals surface area contributed by atoms with E-state index in [1.54, 1.807) is 5.53 Å². The Morgan fingerprint density at radius 1 is 1.83 bits per heavy atom. The molecule has 1 radical (unpaired) electrons. The van der Waals surface area contributed by atoms with Gasteiger partial charge in [0.15, 0.2) is 0 Å². The number of hydrogen-bond donors (Lipinski definition) is 2. The van der Waals surface area contributed by atoms with Gasteiger partial charge < -0.3 is 0 Å². The van der Waals surface area contributed by atoms with Crippen LogP contribution in [0.5, 0.6) is 0 Å². The Morgan fingerprint density at radius 3 is 2.33 bits per heavy atom. The molecule has 0 rings (SSSR count). The minimum absolute atomic E-state index is 0. The monoisotopic (exact) mass is 136 g/mol. The molecule has 0 aromatic rings. The zero-order chi connectivity index (χ0) is 4.12. The summed E-state index contributed by atoms with van der Waals surface area (Å²) in [5.74, 6) is 4.47. The molecular formula is H3CuN5. The van der Waals surface area contributed by atoms with Crippen LogP contribution in [0, 0.1) is 0 Å². The molecule has 0 amide bonds. The molecule has 0 saturated heterocycles. The van der Waals surface area contributed by atoms with Gasteiger partial charge in [0.1, 0.15) is 0 Å². The van der Waals surface area contributed by atoms with Gasteiger partial charge in [-0.2, -0.15) is 16.3 Å². The summed E-state index contributed by atoms with van der Waals surface area (Å²) in [6.07, 6.45) is 0. The Hall–Kier alpha value is -0.411. The van der Waals surface area contributed by atoms with Crippen LogP contribution in [0.4, 0.5) is 0 Å². The van der Waals surface area contributed by atoms with Crippen LogP contribution in [-0.4, -0.2) is 0 Å². The number of nitrogens with one attached hydrogen (secondary N) is 1. The van der Waals surface area contributed by atoms with Crippen LogP contribution < -0.4 is 11.4 Å². The molecule has 6 heavy (non-hydrogen) atoms. The molecule has 0 spiro atoms. The van der Waals surface area contributed by atoms with E-state index in [9.17, 15) is 0 Å². The molecular weight excluding hydrogens is 134 g/mol. The molecule has 0 aliphatic carbocycles. The van der Waals surface area contributed by atoms with Crippen molar-refractivity contribution >= 4 is 0 Å². The Bertz CT molecular complexity index is 51.0. The average Bonchev–Trinajstić information content (AvgIpc) is 1.41. The summed E-state index contributed by atoms with van der Waals surface area (Å²) in [7, 11) is 0. The van der Waals surface area contributed by atoms with Gasteiger partial charge in [0, 0.05) is 17.1 Å². The quantitative estimate of drug-likeness (QED) is 0.129. The van der Waals surface area contributed by atoms with Crippen LogP contribution in [0.15, 0.2) is 5.22 Å². The zero-order valence-corrected chi connectivity index (χ0v) is 3.66. The summed E-state index contributed by atoms with van der Waals surface area (Å²) in [4.78, 5) is 2.24. The van der Waals surface area contributed by atoms with Crippen LogP contribution >= 0.6 is 0 Å². The second-order valence-corrected chi connectivity index (χ2v) is 0.319. The molecule has 0 aliphatic rings. The van der Waals surface area contributed by atoms with Crippen molar-refractivity contribution in [2.75, 3.05) is 0 Å². The summed E-state index contributed by atoms with van der Waals surface area (Å²) in [6, 6.07) is 0. The number of azide groups is 1. The molecule has 3 N–H and O–H groups in total. The van der Waals surface area contributed by atoms with Crippen LogP contribution in [-0.2, 0) is 17.1 Å². The van der Waals surface area contributed by atoms with Crippen molar-refractivity contribution in [3.63, 3.8) is 0 Å². The van der Waals surface area contributed by atoms with Crippen molar-refractivity contribution in [3.05, 3.63) is 10.4 Å². The van der Waals surface area contributed by atoms with E-state index in [-0.39, 0.29) is 17.1 Å². The fraction of sp³-hybridized carbons (Fsp3) is 0. The van der Waals surface area contributed by atoms with Crippen molar-refractivity contribution < 1.29 is 17.1 Å². The molecule has 6 heteroatoms. The number of hydrazine groups is 1. The molecule has 0 aromatic carbocycles. The Morgan fingerprint density at radius 2 is 2.33 bits per heavy atom. The molecule has 0 fully saturated rings. The first-order valence-electron chi connectivity index (χ1n) is 0.912. The van der Waals surface area contributed by atoms with Gasteiger partial charge in [-0.3, -0.25) is 0 Å². The van der Waals surface area contributed by atoms with Gasteiger partial charge in [0.25, 0.3) is 0 Å². The van der Waals surface area contributed by atoms with Crippen LogP contribution in [0.3, 0.4) is 0 Å². The van der Waals surface area contributed by atoms with Gasteiger partial charge in [0.2, 0.25) is 0 Å². The molecule has 39 valence electrons. The number of hydrogen-bond acceptors (Lipinski definition) is 2. The summed E-state index contributed by atoms with van der Waals surface area (Å²) in [5.41, 5.74) is 9.11. The molecule has 0 aromatic heterocycles. The summed E-state index contributed by atoms with van der Waals surface area (Å²) >= 11 is 0. The Balaban J connectivity index is 0. The number of rotatable bonds is 1. The van der Waals surface area contributed by atoms with E-state index in [0.717, 1.165) is 0 Å². The van der Waals surface area contributed by atoms with E-state index in [0.29, 0.717) is 0 Å². The van der Waals surface area contributed by atoms with Crippen molar-refractivity contribution in [1.82, 2.24) is 5.53 Å². The topological polar surface area (TPSA) is 86.8 Å². The summed E-state index contributed by atoms with van der Waals surface area (Å²) in [6.45, 7) is 0. The number of nitrogens with two attached hydrogens (primary N) is 1. The smallest absolute Gasteiger partial charge is 0 e. The first-order valence-corrected chi connectivity index (χ1v) is 0.912. The first-order chi connectivity index (χ1) is 2.41. The molecule has 5 nitrogen and oxygen atoms in total. The molecule has 0 unspecified atom stereocenters. The maximum atomic E-state index is 7.38. The van der Waals surface area contributed by atoms with Gasteiger partial charge in [-0.05, 0) is 5.22 Å². The van der Waals surface area contributed by atoms with Crippen LogP contribution in [0.2, 0.25) is 0 Å². The predicted octanol–water partition coefficient (Wildman–Crippen LogP) is -0.328. The predicted molar refractivity (Wildman–Crippen MR) is 16.5 cm³/mol. The van der Waals surface area contributed by atoms with Gasteiger partial charge in [-0.15, -0.1) is 5.53 Å². The van der Waals surface area contributed by atoms with Gasteiger partial charge in [0.05, 0.1) is 0 Å². The second kappa shape index (κ2) is 8.82. The van der Waals surface area contributed by atoms with E-state index in [4.69, 9.17) is 5.53 Å². The van der Waals surface area contributed by atoms with E-state index in [1.165, 1.54) is 0 Å². The normalized spacial score (nSPS) is 4.17. The van der Waals surface area contributed by atoms with E-state index in [1.807, 2.05) is 0 Å². The minimum Gasteiger partial charge on any atom is -0.186 e. The fourth-order valence-corrected chi connectivity index (χ4v) is 0.0258. The van der Waals surface area contributed by atoms with Crippen molar-refractivity contribution in [2.24, 2.45) is 11.1 Å². The molecule has 0 bridgehead atoms. The Kier molecular flexibility index (Phi) is 13.4. The van der Waals surface area contributed by atoms with Gasteiger partial charge in [-0.1, -0.05) is 0 Å². The summed E-state index contributed by atoms with van der Waals surface area (Å²) < 4.78 is 0. The maximum Gasteiger partial charge on any atom is 0 e. The molecule has 0 atom stereocenters. The zero-order valence-electron chi connectivity index (χ0n) is 2.72. The molecule has 0 saturated carbocycles. The molecule has 0 heterocycles. The third kappa shape index (κ3) is 9.53.